The first-order valence-corrected chi connectivity index (χ1v) is 9.70. The lowest BCUT2D eigenvalue weighted by Crippen LogP contribution is -2.59. The number of aliphatic hydroxyl groups is 1. The van der Waals surface area contributed by atoms with Gasteiger partial charge in [-0.3, -0.25) is 0 Å². The van der Waals surface area contributed by atoms with Crippen LogP contribution in [0.3, 0.4) is 0 Å². The normalized spacial score (nSPS) is 27.6. The number of carbonyl (C=O) groups is 1. The average Bonchev–Trinajstić information content (AvgIpc) is 2.63. The predicted octanol–water partition coefficient (Wildman–Crippen LogP) is 4.16. The fourth-order valence-electron chi connectivity index (χ4n) is 4.48. The summed E-state index contributed by atoms with van der Waals surface area (Å²) in [6, 6.07) is 12.0. The van der Waals surface area contributed by atoms with Gasteiger partial charge in [0.25, 0.3) is 0 Å². The molecule has 0 spiro atoms. The topological polar surface area (TPSA) is 73.6 Å². The zero-order valence-electron chi connectivity index (χ0n) is 15.3. The number of benzene rings is 1. The molecule has 1 N–H and O–H groups in total. The fourth-order valence-corrected chi connectivity index (χ4v) is 4.48. The molecule has 2 bridgehead atoms. The van der Waals surface area contributed by atoms with Gasteiger partial charge in [0.2, 0.25) is 0 Å². The number of carbonyl (C=O) groups excluding carboxylic acids is 1. The van der Waals surface area contributed by atoms with Gasteiger partial charge in [-0.05, 0) is 56.9 Å². The van der Waals surface area contributed by atoms with Gasteiger partial charge in [-0.25, -0.2) is 4.79 Å². The summed E-state index contributed by atoms with van der Waals surface area (Å²) >= 11 is 0. The molecule has 0 radical (unpaired) electrons. The summed E-state index contributed by atoms with van der Waals surface area (Å²) in [5.41, 5.74) is 0.276. The first-order chi connectivity index (χ1) is 12.6. The van der Waals surface area contributed by atoms with Crippen LogP contribution in [0.25, 0.3) is 0 Å². The van der Waals surface area contributed by atoms with E-state index in [2.05, 4.69) is 6.07 Å². The molecule has 3 rings (SSSR count). The number of rotatable bonds is 6. The van der Waals surface area contributed by atoms with Crippen LogP contribution in [0.5, 0.6) is 0 Å². The summed E-state index contributed by atoms with van der Waals surface area (Å²) in [7, 11) is 0. The highest BCUT2D eigenvalue weighted by molar-refractivity contribution is 5.69. The van der Waals surface area contributed by atoms with Crippen molar-refractivity contribution in [1.82, 2.24) is 4.90 Å². The third kappa shape index (κ3) is 4.56. The minimum atomic E-state index is -0.707. The SMILES string of the molecule is N#CCCCCC1(O)CC2CCCC(C1)N2C(=O)OCc1ccccc1. The Labute approximate surface area is 155 Å². The van der Waals surface area contributed by atoms with Crippen molar-refractivity contribution in [2.24, 2.45) is 0 Å². The minimum absolute atomic E-state index is 0.0618. The maximum Gasteiger partial charge on any atom is 0.410 e. The number of hydrogen-bond acceptors (Lipinski definition) is 4. The molecule has 26 heavy (non-hydrogen) atoms. The highest BCUT2D eigenvalue weighted by Gasteiger charge is 2.47. The number of nitriles is 1. The Kier molecular flexibility index (Phi) is 6.16. The Morgan fingerprint density at radius 1 is 1.23 bits per heavy atom. The summed E-state index contributed by atoms with van der Waals surface area (Å²) in [4.78, 5) is 14.6. The molecule has 2 unspecified atom stereocenters. The van der Waals surface area contributed by atoms with Crippen molar-refractivity contribution < 1.29 is 14.6 Å². The quantitative estimate of drug-likeness (QED) is 0.777. The molecule has 0 aliphatic carbocycles. The molecule has 5 heteroatoms. The Hall–Kier alpha value is -2.06. The number of fused-ring (bicyclic) bond motifs is 2. The number of nitrogens with zero attached hydrogens (tertiary/aromatic N) is 2. The van der Waals surface area contributed by atoms with Crippen molar-refractivity contribution in [2.75, 3.05) is 0 Å². The van der Waals surface area contributed by atoms with E-state index in [1.165, 1.54) is 0 Å². The summed E-state index contributed by atoms with van der Waals surface area (Å²) < 4.78 is 5.55. The zero-order valence-corrected chi connectivity index (χ0v) is 15.3. The smallest absolute Gasteiger partial charge is 0.410 e. The van der Waals surface area contributed by atoms with E-state index in [-0.39, 0.29) is 24.8 Å². The predicted molar refractivity (Wildman–Crippen MR) is 98.2 cm³/mol. The van der Waals surface area contributed by atoms with Crippen LogP contribution in [-0.2, 0) is 11.3 Å². The second-order valence-electron chi connectivity index (χ2n) is 7.68. The third-order valence-corrected chi connectivity index (χ3v) is 5.69. The highest BCUT2D eigenvalue weighted by atomic mass is 16.6. The molecule has 2 fully saturated rings. The molecule has 1 aromatic carbocycles. The monoisotopic (exact) mass is 356 g/mol. The van der Waals surface area contributed by atoms with Gasteiger partial charge < -0.3 is 14.7 Å². The molecule has 1 aromatic rings. The first kappa shape index (κ1) is 18.7. The van der Waals surface area contributed by atoms with E-state index in [1.807, 2.05) is 35.2 Å². The van der Waals surface area contributed by atoms with Crippen LogP contribution in [0.2, 0.25) is 0 Å². The average molecular weight is 356 g/mol. The van der Waals surface area contributed by atoms with Crippen molar-refractivity contribution in [1.29, 1.82) is 5.26 Å². The second kappa shape index (κ2) is 8.55. The van der Waals surface area contributed by atoms with Crippen LogP contribution >= 0.6 is 0 Å². The Morgan fingerprint density at radius 2 is 1.92 bits per heavy atom. The Balaban J connectivity index is 1.58. The van der Waals surface area contributed by atoms with Crippen LogP contribution in [0, 0.1) is 11.3 Å². The standard InChI is InChI=1S/C21H28N2O3/c22-13-6-2-5-12-21(25)14-18-10-7-11-19(15-21)23(18)20(24)26-16-17-8-3-1-4-9-17/h1,3-4,8-9,18-19,25H,2,5-7,10-12,14-16H2. The van der Waals surface area contributed by atoms with Crippen molar-refractivity contribution in [2.45, 2.75) is 82.1 Å². The number of piperidine rings is 2. The number of unbranched alkanes of at least 4 members (excludes halogenated alkanes) is 2. The summed E-state index contributed by atoms with van der Waals surface area (Å²) in [5, 5.41) is 19.7. The molecule has 2 atom stereocenters. The molecule has 2 saturated heterocycles. The van der Waals surface area contributed by atoms with Gasteiger partial charge in [-0.1, -0.05) is 30.3 Å². The second-order valence-corrected chi connectivity index (χ2v) is 7.68. The van der Waals surface area contributed by atoms with Gasteiger partial charge in [0.15, 0.2) is 0 Å². The minimum Gasteiger partial charge on any atom is -0.445 e. The first-order valence-electron chi connectivity index (χ1n) is 9.70. The largest absolute Gasteiger partial charge is 0.445 e. The maximum absolute atomic E-state index is 12.7. The molecule has 1 amide bonds. The summed E-state index contributed by atoms with van der Waals surface area (Å²) in [6.45, 7) is 0.286. The fraction of sp³-hybridized carbons (Fsp3) is 0.619. The molecular formula is C21H28N2O3. The van der Waals surface area contributed by atoms with E-state index in [0.717, 1.165) is 37.7 Å². The van der Waals surface area contributed by atoms with Gasteiger partial charge in [-0.2, -0.15) is 5.26 Å². The van der Waals surface area contributed by atoms with Crippen molar-refractivity contribution in [3.8, 4) is 6.07 Å². The van der Waals surface area contributed by atoms with Crippen molar-refractivity contribution in [3.63, 3.8) is 0 Å². The van der Waals surface area contributed by atoms with E-state index in [4.69, 9.17) is 10.00 Å². The van der Waals surface area contributed by atoms with Crippen LogP contribution in [0.15, 0.2) is 30.3 Å². The van der Waals surface area contributed by atoms with E-state index >= 15 is 0 Å². The molecule has 5 nitrogen and oxygen atoms in total. The van der Waals surface area contributed by atoms with Gasteiger partial charge in [0, 0.05) is 18.5 Å². The van der Waals surface area contributed by atoms with Crippen LogP contribution in [0.1, 0.15) is 63.4 Å². The van der Waals surface area contributed by atoms with Crippen LogP contribution in [-0.4, -0.2) is 33.8 Å². The Bertz CT molecular complexity index is 626. The number of hydrogen-bond donors (Lipinski definition) is 1. The molecule has 2 heterocycles. The van der Waals surface area contributed by atoms with Gasteiger partial charge in [0.05, 0.1) is 11.7 Å². The van der Waals surface area contributed by atoms with Crippen LogP contribution < -0.4 is 0 Å². The lowest BCUT2D eigenvalue weighted by molar-refractivity contribution is -0.0898. The van der Waals surface area contributed by atoms with E-state index in [1.54, 1.807) is 0 Å². The summed E-state index contributed by atoms with van der Waals surface area (Å²) in [5.74, 6) is 0. The van der Waals surface area contributed by atoms with Crippen LogP contribution in [0.4, 0.5) is 4.79 Å². The third-order valence-electron chi connectivity index (χ3n) is 5.69. The van der Waals surface area contributed by atoms with E-state index < -0.39 is 5.60 Å². The lowest BCUT2D eigenvalue weighted by atomic mass is 9.73. The lowest BCUT2D eigenvalue weighted by Gasteiger charge is -2.51. The van der Waals surface area contributed by atoms with Crippen molar-refractivity contribution >= 4 is 6.09 Å². The Morgan fingerprint density at radius 3 is 2.58 bits per heavy atom. The number of amides is 1. The van der Waals surface area contributed by atoms with E-state index in [0.29, 0.717) is 25.7 Å². The molecule has 140 valence electrons. The maximum atomic E-state index is 12.7. The zero-order chi connectivity index (χ0) is 18.4. The molecule has 0 saturated carbocycles. The molecule has 2 aliphatic rings. The highest BCUT2D eigenvalue weighted by Crippen LogP contribution is 2.41. The number of ether oxygens (including phenoxy) is 1. The summed E-state index contributed by atoms with van der Waals surface area (Å²) in [6.07, 6.45) is 6.90. The van der Waals surface area contributed by atoms with Gasteiger partial charge in [0.1, 0.15) is 6.61 Å². The molecular weight excluding hydrogens is 328 g/mol. The van der Waals surface area contributed by atoms with Gasteiger partial charge >= 0.3 is 6.09 Å². The molecule has 0 aromatic heterocycles. The van der Waals surface area contributed by atoms with Gasteiger partial charge in [-0.15, -0.1) is 0 Å². The molecule has 2 aliphatic heterocycles. The van der Waals surface area contributed by atoms with Crippen molar-refractivity contribution in [3.05, 3.63) is 35.9 Å². The van der Waals surface area contributed by atoms with E-state index in [9.17, 15) is 9.90 Å².